The second-order valence-electron chi connectivity index (χ2n) is 4.69. The van der Waals surface area contributed by atoms with E-state index in [1.54, 1.807) is 0 Å². The van der Waals surface area contributed by atoms with Crippen molar-refractivity contribution in [2.45, 2.75) is 25.6 Å². The number of halogens is 1. The second kappa shape index (κ2) is 4.64. The molecule has 0 radical (unpaired) electrons. The molecule has 1 spiro atoms. The molecular formula is C12H16ClN3O2. The summed E-state index contributed by atoms with van der Waals surface area (Å²) in [6.45, 7) is 5.00. The fourth-order valence-corrected chi connectivity index (χ4v) is 2.76. The Morgan fingerprint density at radius 3 is 2.50 bits per heavy atom. The lowest BCUT2D eigenvalue weighted by atomic mass is 10.0. The number of hydrogen-bond acceptors (Lipinski definition) is 5. The first-order chi connectivity index (χ1) is 8.67. The predicted octanol–water partition coefficient (Wildman–Crippen LogP) is 1.78. The van der Waals surface area contributed by atoms with E-state index in [2.05, 4.69) is 14.9 Å². The van der Waals surface area contributed by atoms with Crippen LogP contribution >= 0.6 is 11.6 Å². The van der Waals surface area contributed by atoms with Crippen LogP contribution in [0.1, 0.15) is 18.7 Å². The summed E-state index contributed by atoms with van der Waals surface area (Å²) in [5.41, 5.74) is 0. The minimum Gasteiger partial charge on any atom is -0.356 e. The molecule has 0 saturated carbocycles. The van der Waals surface area contributed by atoms with E-state index in [-0.39, 0.29) is 5.79 Å². The van der Waals surface area contributed by atoms with Gasteiger partial charge in [0, 0.05) is 32.0 Å². The largest absolute Gasteiger partial charge is 0.356 e. The number of piperidine rings is 1. The van der Waals surface area contributed by atoms with Gasteiger partial charge in [0.05, 0.1) is 13.2 Å². The fraction of sp³-hybridized carbons (Fsp3) is 0.667. The maximum Gasteiger partial charge on any atom is 0.171 e. The van der Waals surface area contributed by atoms with Gasteiger partial charge in [-0.25, -0.2) is 9.97 Å². The van der Waals surface area contributed by atoms with Crippen LogP contribution in [0, 0.1) is 6.92 Å². The molecule has 98 valence electrons. The number of anilines is 1. The molecule has 18 heavy (non-hydrogen) atoms. The van der Waals surface area contributed by atoms with Gasteiger partial charge >= 0.3 is 0 Å². The van der Waals surface area contributed by atoms with Crippen molar-refractivity contribution in [2.24, 2.45) is 0 Å². The summed E-state index contributed by atoms with van der Waals surface area (Å²) in [7, 11) is 0. The molecule has 1 aromatic heterocycles. The van der Waals surface area contributed by atoms with Crippen LogP contribution in [0.25, 0.3) is 0 Å². The Morgan fingerprint density at radius 1 is 1.22 bits per heavy atom. The van der Waals surface area contributed by atoms with Crippen LogP contribution < -0.4 is 4.90 Å². The van der Waals surface area contributed by atoms with E-state index in [1.165, 1.54) is 0 Å². The van der Waals surface area contributed by atoms with Gasteiger partial charge in [-0.2, -0.15) is 0 Å². The normalized spacial score (nSPS) is 22.7. The monoisotopic (exact) mass is 269 g/mol. The molecule has 1 aromatic rings. The zero-order valence-electron chi connectivity index (χ0n) is 10.4. The van der Waals surface area contributed by atoms with E-state index in [4.69, 9.17) is 21.1 Å². The molecule has 0 bridgehead atoms. The van der Waals surface area contributed by atoms with Crippen LogP contribution in [0.2, 0.25) is 5.15 Å². The first-order valence-electron chi connectivity index (χ1n) is 6.21. The molecule has 2 saturated heterocycles. The summed E-state index contributed by atoms with van der Waals surface area (Å²) in [4.78, 5) is 10.7. The Kier molecular flexibility index (Phi) is 3.13. The molecule has 0 aromatic carbocycles. The molecule has 0 amide bonds. The van der Waals surface area contributed by atoms with E-state index >= 15 is 0 Å². The van der Waals surface area contributed by atoms with Crippen LogP contribution in [0.15, 0.2) is 6.07 Å². The van der Waals surface area contributed by atoms with Gasteiger partial charge in [-0.15, -0.1) is 0 Å². The molecule has 6 heteroatoms. The quantitative estimate of drug-likeness (QED) is 0.728. The van der Waals surface area contributed by atoms with Gasteiger partial charge in [-0.05, 0) is 6.92 Å². The van der Waals surface area contributed by atoms with Gasteiger partial charge in [0.2, 0.25) is 0 Å². The average molecular weight is 270 g/mol. The van der Waals surface area contributed by atoms with E-state index in [0.29, 0.717) is 24.2 Å². The van der Waals surface area contributed by atoms with Gasteiger partial charge in [0.1, 0.15) is 16.8 Å². The van der Waals surface area contributed by atoms with Crippen molar-refractivity contribution in [2.75, 3.05) is 31.2 Å². The summed E-state index contributed by atoms with van der Waals surface area (Å²) in [6.07, 6.45) is 1.74. The first-order valence-corrected chi connectivity index (χ1v) is 6.59. The Morgan fingerprint density at radius 2 is 1.89 bits per heavy atom. The molecule has 0 atom stereocenters. The minimum atomic E-state index is -0.345. The van der Waals surface area contributed by atoms with Crippen molar-refractivity contribution in [3.8, 4) is 0 Å². The Hall–Kier alpha value is -0.910. The van der Waals surface area contributed by atoms with E-state index in [9.17, 15) is 0 Å². The number of hydrogen-bond donors (Lipinski definition) is 0. The van der Waals surface area contributed by atoms with Crippen molar-refractivity contribution in [3.63, 3.8) is 0 Å². The highest BCUT2D eigenvalue weighted by Crippen LogP contribution is 2.32. The molecule has 2 aliphatic heterocycles. The van der Waals surface area contributed by atoms with Crippen molar-refractivity contribution in [1.82, 2.24) is 9.97 Å². The Labute approximate surface area is 111 Å². The lowest BCUT2D eigenvalue weighted by molar-refractivity contribution is -0.169. The van der Waals surface area contributed by atoms with Crippen molar-refractivity contribution < 1.29 is 9.47 Å². The highest BCUT2D eigenvalue weighted by Gasteiger charge is 2.40. The van der Waals surface area contributed by atoms with Crippen LogP contribution in [0.4, 0.5) is 5.82 Å². The maximum absolute atomic E-state index is 5.96. The number of aryl methyl sites for hydroxylation is 1. The Balaban J connectivity index is 1.72. The smallest absolute Gasteiger partial charge is 0.171 e. The van der Waals surface area contributed by atoms with Crippen molar-refractivity contribution in [1.29, 1.82) is 0 Å². The lowest BCUT2D eigenvalue weighted by Crippen LogP contribution is -2.45. The summed E-state index contributed by atoms with van der Waals surface area (Å²) in [5, 5.41) is 0.492. The third kappa shape index (κ3) is 2.30. The topological polar surface area (TPSA) is 47.5 Å². The fourth-order valence-electron chi connectivity index (χ4n) is 2.54. The van der Waals surface area contributed by atoms with Crippen molar-refractivity contribution >= 4 is 17.4 Å². The van der Waals surface area contributed by atoms with E-state index in [1.807, 2.05) is 13.0 Å². The van der Waals surface area contributed by atoms with Gasteiger partial charge in [0.25, 0.3) is 0 Å². The molecule has 0 aliphatic carbocycles. The third-order valence-corrected chi connectivity index (χ3v) is 3.65. The van der Waals surface area contributed by atoms with E-state index < -0.39 is 0 Å². The zero-order chi connectivity index (χ0) is 12.6. The minimum absolute atomic E-state index is 0.345. The molecule has 2 fully saturated rings. The first kappa shape index (κ1) is 12.1. The highest BCUT2D eigenvalue weighted by atomic mass is 35.5. The molecule has 2 aliphatic rings. The van der Waals surface area contributed by atoms with E-state index in [0.717, 1.165) is 31.7 Å². The summed E-state index contributed by atoms with van der Waals surface area (Å²) in [5.74, 6) is 1.24. The molecule has 0 N–H and O–H groups in total. The van der Waals surface area contributed by atoms with Gasteiger partial charge in [-0.1, -0.05) is 11.6 Å². The molecule has 3 rings (SSSR count). The van der Waals surface area contributed by atoms with Crippen LogP contribution in [0.3, 0.4) is 0 Å². The predicted molar refractivity (Wildman–Crippen MR) is 67.9 cm³/mol. The second-order valence-corrected chi connectivity index (χ2v) is 5.08. The van der Waals surface area contributed by atoms with Crippen LogP contribution in [-0.4, -0.2) is 42.1 Å². The average Bonchev–Trinajstić information content (AvgIpc) is 2.77. The lowest BCUT2D eigenvalue weighted by Gasteiger charge is -2.38. The SMILES string of the molecule is Cc1nc(Cl)cc(N2CCC3(CC2)OCCO3)n1. The van der Waals surface area contributed by atoms with Crippen molar-refractivity contribution in [3.05, 3.63) is 17.0 Å². The summed E-state index contributed by atoms with van der Waals surface area (Å²) >= 11 is 5.96. The molecule has 5 nitrogen and oxygen atoms in total. The third-order valence-electron chi connectivity index (χ3n) is 3.46. The van der Waals surface area contributed by atoms with Gasteiger partial charge in [0.15, 0.2) is 5.79 Å². The van der Waals surface area contributed by atoms with Gasteiger partial charge in [-0.3, -0.25) is 0 Å². The number of ether oxygens (including phenoxy) is 2. The molecule has 0 unspecified atom stereocenters. The Bertz CT molecular complexity index is 419. The molecule has 3 heterocycles. The van der Waals surface area contributed by atoms with Crippen LogP contribution in [-0.2, 0) is 9.47 Å². The number of nitrogens with zero attached hydrogens (tertiary/aromatic N) is 3. The zero-order valence-corrected chi connectivity index (χ0v) is 11.1. The molecular weight excluding hydrogens is 254 g/mol. The van der Waals surface area contributed by atoms with Gasteiger partial charge < -0.3 is 14.4 Å². The number of rotatable bonds is 1. The summed E-state index contributed by atoms with van der Waals surface area (Å²) < 4.78 is 11.4. The maximum atomic E-state index is 5.96. The highest BCUT2D eigenvalue weighted by molar-refractivity contribution is 6.29. The standard InChI is InChI=1S/C12H16ClN3O2/c1-9-14-10(13)8-11(15-9)16-4-2-12(3-5-16)17-6-7-18-12/h8H,2-7H2,1H3. The summed E-state index contributed by atoms with van der Waals surface area (Å²) in [6, 6.07) is 1.81. The van der Waals surface area contributed by atoms with Crippen LogP contribution in [0.5, 0.6) is 0 Å². The number of aromatic nitrogens is 2.